The molecule has 1 aliphatic rings. The zero-order valence-electron chi connectivity index (χ0n) is 9.35. The molecule has 0 unspecified atom stereocenters. The molecule has 4 nitrogen and oxygen atoms in total. The molecule has 0 atom stereocenters. The van der Waals surface area contributed by atoms with E-state index in [4.69, 9.17) is 11.6 Å². The molecule has 1 aliphatic heterocycles. The van der Waals surface area contributed by atoms with Gasteiger partial charge in [-0.1, -0.05) is 17.7 Å². The summed E-state index contributed by atoms with van der Waals surface area (Å²) in [5.41, 5.74) is 1.25. The predicted octanol–water partition coefficient (Wildman–Crippen LogP) is 2.06. The lowest BCUT2D eigenvalue weighted by atomic mass is 10.1. The van der Waals surface area contributed by atoms with Gasteiger partial charge >= 0.3 is 0 Å². The Bertz CT molecular complexity index is 497. The summed E-state index contributed by atoms with van der Waals surface area (Å²) in [6.45, 7) is 0.695. The zero-order chi connectivity index (χ0) is 12.3. The van der Waals surface area contributed by atoms with Gasteiger partial charge in [0.15, 0.2) is 0 Å². The number of halogens is 1. The minimum absolute atomic E-state index is 0.193. The van der Waals surface area contributed by atoms with Crippen molar-refractivity contribution >= 4 is 29.5 Å². The van der Waals surface area contributed by atoms with Gasteiger partial charge in [0.05, 0.1) is 22.6 Å². The van der Waals surface area contributed by atoms with Gasteiger partial charge in [-0.05, 0) is 18.2 Å². The second-order valence-corrected chi connectivity index (χ2v) is 3.90. The summed E-state index contributed by atoms with van der Waals surface area (Å²) in [5, 5.41) is 3.00. The van der Waals surface area contributed by atoms with Crippen molar-refractivity contribution < 1.29 is 4.79 Å². The van der Waals surface area contributed by atoms with Crippen LogP contribution in [0, 0.1) is 0 Å². The molecular weight excluding hydrogens is 238 g/mol. The Morgan fingerprint density at radius 2 is 2.35 bits per heavy atom. The van der Waals surface area contributed by atoms with Crippen LogP contribution in [-0.2, 0) is 0 Å². The van der Waals surface area contributed by atoms with Crippen molar-refractivity contribution in [3.05, 3.63) is 41.1 Å². The highest BCUT2D eigenvalue weighted by molar-refractivity contribution is 6.36. The normalized spacial score (nSPS) is 13.9. The first-order chi connectivity index (χ1) is 8.24. The van der Waals surface area contributed by atoms with E-state index in [2.05, 4.69) is 10.3 Å². The number of anilines is 1. The van der Waals surface area contributed by atoms with Gasteiger partial charge in [-0.25, -0.2) is 4.99 Å². The summed E-state index contributed by atoms with van der Waals surface area (Å²) in [4.78, 5) is 17.5. The van der Waals surface area contributed by atoms with Gasteiger partial charge in [0.25, 0.3) is 5.91 Å². The molecule has 1 aromatic rings. The lowest BCUT2D eigenvalue weighted by molar-refractivity contribution is 0.0963. The molecule has 88 valence electrons. The molecule has 0 spiro atoms. The first-order valence-electron chi connectivity index (χ1n) is 5.19. The standard InChI is InChI=1S/C12H12ClN3O/c1-14-12(17)9-4-2-5-10(11(9)13)16-7-3-6-15-8-16/h2-6,8H,7H2,1H3,(H,14,17). The zero-order valence-corrected chi connectivity index (χ0v) is 10.1. The Morgan fingerprint density at radius 3 is 3.00 bits per heavy atom. The highest BCUT2D eigenvalue weighted by Crippen LogP contribution is 2.29. The molecule has 0 saturated carbocycles. The van der Waals surface area contributed by atoms with Crippen LogP contribution in [0.3, 0.4) is 0 Å². The van der Waals surface area contributed by atoms with E-state index in [0.717, 1.165) is 5.69 Å². The fourth-order valence-electron chi connectivity index (χ4n) is 1.60. The van der Waals surface area contributed by atoms with Crippen LogP contribution in [0.15, 0.2) is 35.5 Å². The van der Waals surface area contributed by atoms with E-state index in [1.807, 2.05) is 17.0 Å². The van der Waals surface area contributed by atoms with Gasteiger partial charge in [0.2, 0.25) is 0 Å². The van der Waals surface area contributed by atoms with Crippen molar-refractivity contribution in [2.24, 2.45) is 4.99 Å². The molecule has 0 bridgehead atoms. The Hall–Kier alpha value is -1.81. The molecule has 5 heteroatoms. The number of amides is 1. The average Bonchev–Trinajstić information content (AvgIpc) is 2.39. The van der Waals surface area contributed by atoms with Crippen LogP contribution in [0.1, 0.15) is 10.4 Å². The SMILES string of the molecule is CNC(=O)c1cccc(N2C=NC=CC2)c1Cl. The number of carbonyl (C=O) groups excluding carboxylic acids is 1. The van der Waals surface area contributed by atoms with Crippen LogP contribution in [0.4, 0.5) is 5.69 Å². The molecule has 1 N–H and O–H groups in total. The molecule has 1 heterocycles. The fraction of sp³-hybridized carbons (Fsp3) is 0.167. The van der Waals surface area contributed by atoms with Crippen molar-refractivity contribution in [1.29, 1.82) is 0 Å². The van der Waals surface area contributed by atoms with E-state index in [9.17, 15) is 4.79 Å². The van der Waals surface area contributed by atoms with Crippen LogP contribution >= 0.6 is 11.6 Å². The summed E-state index contributed by atoms with van der Waals surface area (Å²) >= 11 is 6.23. The monoisotopic (exact) mass is 249 g/mol. The van der Waals surface area contributed by atoms with Crippen molar-refractivity contribution in [1.82, 2.24) is 5.32 Å². The van der Waals surface area contributed by atoms with Gasteiger partial charge < -0.3 is 10.2 Å². The number of benzene rings is 1. The maximum absolute atomic E-state index is 11.6. The van der Waals surface area contributed by atoms with Crippen LogP contribution in [-0.4, -0.2) is 25.8 Å². The van der Waals surface area contributed by atoms with E-state index >= 15 is 0 Å². The third-order valence-electron chi connectivity index (χ3n) is 2.46. The number of nitrogens with one attached hydrogen (secondary N) is 1. The Labute approximate surface area is 105 Å². The molecule has 2 rings (SSSR count). The number of rotatable bonds is 2. The number of carbonyl (C=O) groups is 1. The van der Waals surface area contributed by atoms with Crippen LogP contribution < -0.4 is 10.2 Å². The third kappa shape index (κ3) is 2.31. The van der Waals surface area contributed by atoms with Gasteiger partial charge in [-0.2, -0.15) is 0 Å². The quantitative estimate of drug-likeness (QED) is 0.872. The van der Waals surface area contributed by atoms with Gasteiger partial charge in [0.1, 0.15) is 0 Å². The number of hydrogen-bond acceptors (Lipinski definition) is 3. The number of nitrogens with zero attached hydrogens (tertiary/aromatic N) is 2. The summed E-state index contributed by atoms with van der Waals surface area (Å²) in [5.74, 6) is -0.193. The van der Waals surface area contributed by atoms with Gasteiger partial charge in [0, 0.05) is 19.8 Å². The van der Waals surface area contributed by atoms with E-state index in [0.29, 0.717) is 17.1 Å². The lowest BCUT2D eigenvalue weighted by Gasteiger charge is -2.21. The van der Waals surface area contributed by atoms with Crippen molar-refractivity contribution in [2.75, 3.05) is 18.5 Å². The number of aliphatic imine (C=N–C) groups is 1. The molecule has 0 aliphatic carbocycles. The number of hydrogen-bond donors (Lipinski definition) is 1. The van der Waals surface area contributed by atoms with Crippen molar-refractivity contribution in [3.63, 3.8) is 0 Å². The maximum Gasteiger partial charge on any atom is 0.252 e. The average molecular weight is 250 g/mol. The summed E-state index contributed by atoms with van der Waals surface area (Å²) < 4.78 is 0. The van der Waals surface area contributed by atoms with E-state index in [1.54, 1.807) is 31.7 Å². The van der Waals surface area contributed by atoms with E-state index < -0.39 is 0 Å². The Morgan fingerprint density at radius 1 is 1.53 bits per heavy atom. The third-order valence-corrected chi connectivity index (χ3v) is 2.86. The highest BCUT2D eigenvalue weighted by atomic mass is 35.5. The van der Waals surface area contributed by atoms with Crippen molar-refractivity contribution in [2.45, 2.75) is 0 Å². The first-order valence-corrected chi connectivity index (χ1v) is 5.57. The van der Waals surface area contributed by atoms with Crippen LogP contribution in [0.5, 0.6) is 0 Å². The predicted molar refractivity (Wildman–Crippen MR) is 69.8 cm³/mol. The molecule has 0 aromatic heterocycles. The molecular formula is C12H12ClN3O. The Kier molecular flexibility index (Phi) is 3.44. The van der Waals surface area contributed by atoms with Crippen LogP contribution in [0.2, 0.25) is 5.02 Å². The second-order valence-electron chi connectivity index (χ2n) is 3.52. The smallest absolute Gasteiger partial charge is 0.252 e. The molecule has 17 heavy (non-hydrogen) atoms. The molecule has 0 radical (unpaired) electrons. The van der Waals surface area contributed by atoms with E-state index in [1.165, 1.54) is 0 Å². The van der Waals surface area contributed by atoms with Crippen molar-refractivity contribution in [3.8, 4) is 0 Å². The van der Waals surface area contributed by atoms with Gasteiger partial charge in [-0.15, -0.1) is 0 Å². The topological polar surface area (TPSA) is 44.7 Å². The molecule has 0 saturated heterocycles. The summed E-state index contributed by atoms with van der Waals surface area (Å²) in [7, 11) is 1.58. The first kappa shape index (κ1) is 11.7. The van der Waals surface area contributed by atoms with Gasteiger partial charge in [-0.3, -0.25) is 4.79 Å². The summed E-state index contributed by atoms with van der Waals surface area (Å²) in [6.07, 6.45) is 5.34. The second kappa shape index (κ2) is 5.01. The minimum atomic E-state index is -0.193. The lowest BCUT2D eigenvalue weighted by Crippen LogP contribution is -2.24. The largest absolute Gasteiger partial charge is 0.355 e. The maximum atomic E-state index is 11.6. The molecule has 0 fully saturated rings. The minimum Gasteiger partial charge on any atom is -0.355 e. The van der Waals surface area contributed by atoms with Crippen LogP contribution in [0.25, 0.3) is 0 Å². The fourth-order valence-corrected chi connectivity index (χ4v) is 1.92. The highest BCUT2D eigenvalue weighted by Gasteiger charge is 2.15. The Balaban J connectivity index is 2.38. The summed E-state index contributed by atoms with van der Waals surface area (Å²) in [6, 6.07) is 5.36. The molecule has 1 amide bonds. The van der Waals surface area contributed by atoms with E-state index in [-0.39, 0.29) is 5.91 Å². The molecule has 1 aromatic carbocycles.